The molecule has 2 amide bonds. The molecule has 128 valence electrons. The van der Waals surface area contributed by atoms with Gasteiger partial charge in [0, 0.05) is 19.2 Å². The Morgan fingerprint density at radius 1 is 1.25 bits per heavy atom. The molecule has 7 nitrogen and oxygen atoms in total. The summed E-state index contributed by atoms with van der Waals surface area (Å²) >= 11 is 0. The molecule has 2 N–H and O–H groups in total. The number of amides is 2. The molecule has 24 heavy (non-hydrogen) atoms. The highest BCUT2D eigenvalue weighted by Gasteiger charge is 2.28. The molecule has 0 saturated carbocycles. The molecule has 3 heterocycles. The molecule has 2 fully saturated rings. The van der Waals surface area contributed by atoms with Crippen LogP contribution in [0.4, 0.5) is 0 Å². The minimum absolute atomic E-state index is 0.217. The van der Waals surface area contributed by atoms with Crippen LogP contribution in [0.2, 0.25) is 0 Å². The van der Waals surface area contributed by atoms with E-state index in [0.717, 1.165) is 24.3 Å². The highest BCUT2D eigenvalue weighted by Crippen LogP contribution is 2.24. The van der Waals surface area contributed by atoms with Crippen molar-refractivity contribution in [3.05, 3.63) is 29.6 Å². The molecule has 0 aromatic carbocycles. The van der Waals surface area contributed by atoms with Gasteiger partial charge >= 0.3 is 5.97 Å². The van der Waals surface area contributed by atoms with Crippen LogP contribution in [0, 0.1) is 5.92 Å². The molecule has 0 bridgehead atoms. The molecular formula is C17H21N3O4. The van der Waals surface area contributed by atoms with Crippen molar-refractivity contribution in [1.29, 1.82) is 0 Å². The SMILES string of the molecule is O=C1CCC(c2ccc(CN3CCC(C(=O)O)CC3)nc2)C(=O)N1. The summed E-state index contributed by atoms with van der Waals surface area (Å²) < 4.78 is 0. The van der Waals surface area contributed by atoms with E-state index in [9.17, 15) is 14.4 Å². The second-order valence-corrected chi connectivity index (χ2v) is 6.48. The Labute approximate surface area is 140 Å². The van der Waals surface area contributed by atoms with E-state index in [0.29, 0.717) is 32.2 Å². The molecular weight excluding hydrogens is 310 g/mol. The number of hydrogen-bond donors (Lipinski definition) is 2. The van der Waals surface area contributed by atoms with Crippen molar-refractivity contribution < 1.29 is 19.5 Å². The summed E-state index contributed by atoms with van der Waals surface area (Å²) in [6, 6.07) is 3.80. The van der Waals surface area contributed by atoms with Gasteiger partial charge in [0.15, 0.2) is 0 Å². The number of nitrogens with zero attached hydrogens (tertiary/aromatic N) is 2. The van der Waals surface area contributed by atoms with Gasteiger partial charge in [-0.1, -0.05) is 6.07 Å². The fourth-order valence-electron chi connectivity index (χ4n) is 3.31. The Bertz CT molecular complexity index is 636. The van der Waals surface area contributed by atoms with E-state index in [1.807, 2.05) is 12.1 Å². The Morgan fingerprint density at radius 3 is 2.58 bits per heavy atom. The fraction of sp³-hybridized carbons (Fsp3) is 0.529. The van der Waals surface area contributed by atoms with Crippen LogP contribution in [0.5, 0.6) is 0 Å². The first kappa shape index (κ1) is 16.6. The zero-order chi connectivity index (χ0) is 17.1. The summed E-state index contributed by atoms with van der Waals surface area (Å²) in [6.45, 7) is 2.20. The number of aliphatic carboxylic acids is 1. The minimum atomic E-state index is -0.707. The van der Waals surface area contributed by atoms with Crippen molar-refractivity contribution in [2.24, 2.45) is 5.92 Å². The van der Waals surface area contributed by atoms with E-state index in [1.54, 1.807) is 6.20 Å². The predicted octanol–water partition coefficient (Wildman–Crippen LogP) is 0.898. The lowest BCUT2D eigenvalue weighted by Gasteiger charge is -2.29. The molecule has 0 spiro atoms. The van der Waals surface area contributed by atoms with Gasteiger partial charge in [0.25, 0.3) is 0 Å². The maximum Gasteiger partial charge on any atom is 0.306 e. The van der Waals surface area contributed by atoms with E-state index in [-0.39, 0.29) is 23.7 Å². The van der Waals surface area contributed by atoms with Crippen molar-refractivity contribution in [2.45, 2.75) is 38.1 Å². The zero-order valence-electron chi connectivity index (χ0n) is 13.4. The molecule has 7 heteroatoms. The average Bonchev–Trinajstić information content (AvgIpc) is 2.56. The molecule has 0 radical (unpaired) electrons. The van der Waals surface area contributed by atoms with Crippen molar-refractivity contribution in [1.82, 2.24) is 15.2 Å². The number of piperidine rings is 2. The number of pyridine rings is 1. The largest absolute Gasteiger partial charge is 0.481 e. The Balaban J connectivity index is 1.56. The van der Waals surface area contributed by atoms with Gasteiger partial charge in [-0.3, -0.25) is 29.6 Å². The number of imide groups is 1. The Kier molecular flexibility index (Phi) is 4.89. The van der Waals surface area contributed by atoms with Gasteiger partial charge in [0.2, 0.25) is 11.8 Å². The molecule has 2 aliphatic rings. The number of rotatable bonds is 4. The monoisotopic (exact) mass is 331 g/mol. The molecule has 1 aromatic heterocycles. The maximum absolute atomic E-state index is 11.9. The van der Waals surface area contributed by atoms with Crippen molar-refractivity contribution in [2.75, 3.05) is 13.1 Å². The topological polar surface area (TPSA) is 99.6 Å². The maximum atomic E-state index is 11.9. The predicted molar refractivity (Wildman–Crippen MR) is 85.0 cm³/mol. The van der Waals surface area contributed by atoms with Crippen molar-refractivity contribution in [3.8, 4) is 0 Å². The second kappa shape index (κ2) is 7.09. The van der Waals surface area contributed by atoms with Gasteiger partial charge in [0.05, 0.1) is 17.5 Å². The van der Waals surface area contributed by atoms with Gasteiger partial charge in [0.1, 0.15) is 0 Å². The molecule has 2 aliphatic heterocycles. The first-order chi connectivity index (χ1) is 11.5. The average molecular weight is 331 g/mol. The number of hydrogen-bond acceptors (Lipinski definition) is 5. The third-order valence-electron chi connectivity index (χ3n) is 4.81. The van der Waals surface area contributed by atoms with Crippen LogP contribution in [0.3, 0.4) is 0 Å². The second-order valence-electron chi connectivity index (χ2n) is 6.48. The number of carboxylic acids is 1. The van der Waals surface area contributed by atoms with Crippen LogP contribution in [0.15, 0.2) is 18.3 Å². The first-order valence-corrected chi connectivity index (χ1v) is 8.26. The number of carboxylic acid groups (broad SMARTS) is 1. The molecule has 3 rings (SSSR count). The molecule has 2 saturated heterocycles. The molecule has 1 unspecified atom stereocenters. The number of carbonyl (C=O) groups excluding carboxylic acids is 2. The third kappa shape index (κ3) is 3.79. The lowest BCUT2D eigenvalue weighted by Crippen LogP contribution is -2.39. The summed E-state index contributed by atoms with van der Waals surface area (Å²) in [5, 5.41) is 11.4. The van der Waals surface area contributed by atoms with Crippen LogP contribution < -0.4 is 5.32 Å². The van der Waals surface area contributed by atoms with Crippen LogP contribution in [-0.2, 0) is 20.9 Å². The third-order valence-corrected chi connectivity index (χ3v) is 4.81. The van der Waals surface area contributed by atoms with Crippen LogP contribution in [0.25, 0.3) is 0 Å². The van der Waals surface area contributed by atoms with E-state index >= 15 is 0 Å². The van der Waals surface area contributed by atoms with Crippen molar-refractivity contribution >= 4 is 17.8 Å². The first-order valence-electron chi connectivity index (χ1n) is 8.26. The summed E-state index contributed by atoms with van der Waals surface area (Å²) in [6.07, 6.45) is 3.93. The standard InChI is InChI=1S/C17H21N3O4/c21-15-4-3-14(16(22)19-15)12-1-2-13(18-9-12)10-20-7-5-11(6-8-20)17(23)24/h1-2,9,11,14H,3-8,10H2,(H,23,24)(H,19,21,22). The number of nitrogens with one attached hydrogen (secondary N) is 1. The van der Waals surface area contributed by atoms with Gasteiger partial charge in [-0.05, 0) is 44.0 Å². The lowest BCUT2D eigenvalue weighted by molar-refractivity contribution is -0.143. The number of aromatic nitrogens is 1. The molecule has 0 aliphatic carbocycles. The Hall–Kier alpha value is -2.28. The number of carbonyl (C=O) groups is 3. The van der Waals surface area contributed by atoms with E-state index in [1.165, 1.54) is 0 Å². The smallest absolute Gasteiger partial charge is 0.306 e. The lowest BCUT2D eigenvalue weighted by atomic mass is 9.91. The van der Waals surface area contributed by atoms with E-state index in [4.69, 9.17) is 5.11 Å². The normalized spacial score (nSPS) is 23.1. The van der Waals surface area contributed by atoms with Gasteiger partial charge in [-0.2, -0.15) is 0 Å². The van der Waals surface area contributed by atoms with Gasteiger partial charge < -0.3 is 5.11 Å². The summed E-state index contributed by atoms with van der Waals surface area (Å²) in [5.74, 6) is -1.72. The van der Waals surface area contributed by atoms with E-state index in [2.05, 4.69) is 15.2 Å². The van der Waals surface area contributed by atoms with Gasteiger partial charge in [-0.15, -0.1) is 0 Å². The van der Waals surface area contributed by atoms with Crippen LogP contribution >= 0.6 is 0 Å². The zero-order valence-corrected chi connectivity index (χ0v) is 13.4. The summed E-state index contributed by atoms with van der Waals surface area (Å²) in [7, 11) is 0. The highest BCUT2D eigenvalue weighted by atomic mass is 16.4. The highest BCUT2D eigenvalue weighted by molar-refractivity contribution is 6.00. The Morgan fingerprint density at radius 2 is 2.00 bits per heavy atom. The summed E-state index contributed by atoms with van der Waals surface area (Å²) in [4.78, 5) is 40.7. The molecule has 1 atom stereocenters. The fourth-order valence-corrected chi connectivity index (χ4v) is 3.31. The summed E-state index contributed by atoms with van der Waals surface area (Å²) in [5.41, 5.74) is 1.73. The quantitative estimate of drug-likeness (QED) is 0.795. The van der Waals surface area contributed by atoms with Gasteiger partial charge in [-0.25, -0.2) is 0 Å². The number of likely N-dealkylation sites (tertiary alicyclic amines) is 1. The minimum Gasteiger partial charge on any atom is -0.481 e. The molecule has 1 aromatic rings. The van der Waals surface area contributed by atoms with Crippen molar-refractivity contribution in [3.63, 3.8) is 0 Å². The van der Waals surface area contributed by atoms with E-state index < -0.39 is 5.97 Å². The van der Waals surface area contributed by atoms with Crippen LogP contribution in [-0.4, -0.2) is 45.9 Å². The van der Waals surface area contributed by atoms with Crippen LogP contribution in [0.1, 0.15) is 42.9 Å².